The molecule has 5 heteroatoms. The summed E-state index contributed by atoms with van der Waals surface area (Å²) in [5.41, 5.74) is 5.20. The maximum absolute atomic E-state index is 12.4. The summed E-state index contributed by atoms with van der Waals surface area (Å²) in [7, 11) is 0. The number of quaternary nitrogens is 1. The van der Waals surface area contributed by atoms with Crippen LogP contribution in [0.1, 0.15) is 47.4 Å². The molecule has 5 nitrogen and oxygen atoms in total. The van der Waals surface area contributed by atoms with E-state index in [1.54, 1.807) is 24.3 Å². The minimum atomic E-state index is -0.618. The van der Waals surface area contributed by atoms with Crippen LogP contribution in [-0.4, -0.2) is 30.6 Å². The standard InChI is InChI=1S/C16H22N2O3/c1-16(2,11-7-9-18-10-8-11)21-15(20)13-6-4-3-5-12(13)14(17)19/h3-6,11,18H,7-10H2,1-2H3,(H2,17,19)/p+1. The van der Waals surface area contributed by atoms with Gasteiger partial charge in [0, 0.05) is 18.8 Å². The van der Waals surface area contributed by atoms with Crippen LogP contribution in [0.3, 0.4) is 0 Å². The fourth-order valence-corrected chi connectivity index (χ4v) is 2.88. The van der Waals surface area contributed by atoms with E-state index in [2.05, 4.69) is 5.32 Å². The summed E-state index contributed by atoms with van der Waals surface area (Å²) in [6.45, 7) is 5.99. The van der Waals surface area contributed by atoms with Gasteiger partial charge >= 0.3 is 5.97 Å². The number of hydrogen-bond acceptors (Lipinski definition) is 3. The highest BCUT2D eigenvalue weighted by Gasteiger charge is 2.36. The first-order valence-corrected chi connectivity index (χ1v) is 7.35. The van der Waals surface area contributed by atoms with Crippen molar-refractivity contribution in [1.29, 1.82) is 0 Å². The topological polar surface area (TPSA) is 86.0 Å². The van der Waals surface area contributed by atoms with Gasteiger partial charge in [0.15, 0.2) is 0 Å². The number of hydrogen-bond donors (Lipinski definition) is 2. The van der Waals surface area contributed by atoms with E-state index in [1.807, 2.05) is 13.8 Å². The molecule has 0 aromatic heterocycles. The van der Waals surface area contributed by atoms with Gasteiger partial charge < -0.3 is 15.8 Å². The van der Waals surface area contributed by atoms with E-state index in [0.717, 1.165) is 25.9 Å². The molecule has 1 saturated heterocycles. The summed E-state index contributed by atoms with van der Waals surface area (Å²) < 4.78 is 5.69. The Labute approximate surface area is 124 Å². The summed E-state index contributed by atoms with van der Waals surface area (Å²) in [6, 6.07) is 6.50. The van der Waals surface area contributed by atoms with Crippen LogP contribution in [0.5, 0.6) is 0 Å². The van der Waals surface area contributed by atoms with E-state index in [1.165, 1.54) is 0 Å². The Morgan fingerprint density at radius 1 is 1.19 bits per heavy atom. The number of carbonyl (C=O) groups excluding carboxylic acids is 2. The van der Waals surface area contributed by atoms with Crippen molar-refractivity contribution < 1.29 is 19.6 Å². The van der Waals surface area contributed by atoms with Gasteiger partial charge in [-0.3, -0.25) is 4.79 Å². The van der Waals surface area contributed by atoms with Gasteiger partial charge in [-0.25, -0.2) is 4.79 Å². The lowest BCUT2D eigenvalue weighted by atomic mass is 9.83. The van der Waals surface area contributed by atoms with Crippen LogP contribution in [0.25, 0.3) is 0 Å². The molecule has 0 unspecified atom stereocenters. The lowest BCUT2D eigenvalue weighted by molar-refractivity contribution is -0.665. The molecule has 1 aliphatic heterocycles. The number of piperidine rings is 1. The highest BCUT2D eigenvalue weighted by Crippen LogP contribution is 2.29. The van der Waals surface area contributed by atoms with E-state index >= 15 is 0 Å². The van der Waals surface area contributed by atoms with Gasteiger partial charge in [0.2, 0.25) is 5.91 Å². The molecule has 114 valence electrons. The number of esters is 1. The predicted molar refractivity (Wildman–Crippen MR) is 78.8 cm³/mol. The van der Waals surface area contributed by atoms with Gasteiger partial charge in [-0.15, -0.1) is 0 Å². The number of ether oxygens (including phenoxy) is 1. The van der Waals surface area contributed by atoms with Crippen LogP contribution in [0.15, 0.2) is 24.3 Å². The molecule has 1 heterocycles. The average molecular weight is 291 g/mol. The Morgan fingerprint density at radius 3 is 2.33 bits per heavy atom. The zero-order valence-corrected chi connectivity index (χ0v) is 12.6. The van der Waals surface area contributed by atoms with E-state index in [-0.39, 0.29) is 11.1 Å². The molecule has 0 bridgehead atoms. The first-order valence-electron chi connectivity index (χ1n) is 7.35. The van der Waals surface area contributed by atoms with Crippen LogP contribution in [0, 0.1) is 5.92 Å². The van der Waals surface area contributed by atoms with E-state index in [0.29, 0.717) is 5.92 Å². The summed E-state index contributed by atoms with van der Waals surface area (Å²) >= 11 is 0. The first kappa shape index (κ1) is 15.5. The second-order valence-electron chi connectivity index (χ2n) is 6.04. The van der Waals surface area contributed by atoms with E-state index < -0.39 is 17.5 Å². The number of primary amides is 1. The zero-order valence-electron chi connectivity index (χ0n) is 12.6. The van der Waals surface area contributed by atoms with Gasteiger partial charge in [-0.05, 0) is 26.0 Å². The van der Waals surface area contributed by atoms with Crippen molar-refractivity contribution in [3.05, 3.63) is 35.4 Å². The fraction of sp³-hybridized carbons (Fsp3) is 0.500. The third kappa shape index (κ3) is 3.61. The van der Waals surface area contributed by atoms with Crippen LogP contribution in [0.4, 0.5) is 0 Å². The van der Waals surface area contributed by atoms with Gasteiger partial charge in [-0.2, -0.15) is 0 Å². The lowest BCUT2D eigenvalue weighted by Gasteiger charge is -2.35. The second-order valence-corrected chi connectivity index (χ2v) is 6.04. The molecule has 2 rings (SSSR count). The Kier molecular flexibility index (Phi) is 4.63. The highest BCUT2D eigenvalue weighted by atomic mass is 16.6. The quantitative estimate of drug-likeness (QED) is 0.800. The van der Waals surface area contributed by atoms with E-state index in [9.17, 15) is 9.59 Å². The maximum atomic E-state index is 12.4. The molecule has 0 atom stereocenters. The molecule has 1 aromatic rings. The van der Waals surface area contributed by atoms with Crippen molar-refractivity contribution in [3.8, 4) is 0 Å². The zero-order chi connectivity index (χ0) is 15.5. The third-order valence-corrected chi connectivity index (χ3v) is 4.19. The van der Waals surface area contributed by atoms with Gasteiger partial charge in [0.25, 0.3) is 0 Å². The van der Waals surface area contributed by atoms with Crippen molar-refractivity contribution in [2.24, 2.45) is 11.7 Å². The first-order chi connectivity index (χ1) is 9.92. The molecule has 21 heavy (non-hydrogen) atoms. The molecule has 0 saturated carbocycles. The fourth-order valence-electron chi connectivity index (χ4n) is 2.88. The minimum absolute atomic E-state index is 0.204. The number of benzene rings is 1. The molecular weight excluding hydrogens is 268 g/mol. The molecule has 0 aliphatic carbocycles. The van der Waals surface area contributed by atoms with Crippen LogP contribution in [-0.2, 0) is 4.74 Å². The Balaban J connectivity index is 2.15. The Morgan fingerprint density at radius 2 is 1.76 bits per heavy atom. The van der Waals surface area contributed by atoms with Gasteiger partial charge in [0.1, 0.15) is 5.60 Å². The average Bonchev–Trinajstić information content (AvgIpc) is 2.47. The minimum Gasteiger partial charge on any atom is -0.456 e. The third-order valence-electron chi connectivity index (χ3n) is 4.19. The van der Waals surface area contributed by atoms with Crippen molar-refractivity contribution in [2.75, 3.05) is 13.1 Å². The molecule has 0 radical (unpaired) electrons. The summed E-state index contributed by atoms with van der Waals surface area (Å²) in [5.74, 6) is -0.760. The second kappa shape index (κ2) is 6.26. The lowest BCUT2D eigenvalue weighted by Crippen LogP contribution is -2.86. The number of nitrogens with two attached hydrogens (primary N) is 2. The van der Waals surface area contributed by atoms with Gasteiger partial charge in [-0.1, -0.05) is 12.1 Å². The number of rotatable bonds is 4. The molecule has 1 aliphatic rings. The molecule has 0 spiro atoms. The van der Waals surface area contributed by atoms with Crippen molar-refractivity contribution in [1.82, 2.24) is 0 Å². The van der Waals surface area contributed by atoms with Crippen molar-refractivity contribution >= 4 is 11.9 Å². The Hall–Kier alpha value is -1.88. The van der Waals surface area contributed by atoms with Crippen LogP contribution in [0.2, 0.25) is 0 Å². The molecule has 1 fully saturated rings. The smallest absolute Gasteiger partial charge is 0.339 e. The van der Waals surface area contributed by atoms with E-state index in [4.69, 9.17) is 10.5 Å². The summed E-state index contributed by atoms with van der Waals surface area (Å²) in [4.78, 5) is 23.8. The summed E-state index contributed by atoms with van der Waals surface area (Å²) in [5, 5.41) is 2.27. The van der Waals surface area contributed by atoms with Crippen LogP contribution < -0.4 is 11.1 Å². The monoisotopic (exact) mass is 291 g/mol. The molecular formula is C16H23N2O3+. The number of amides is 1. The molecule has 4 N–H and O–H groups in total. The molecule has 1 aromatic carbocycles. The molecule has 1 amide bonds. The largest absolute Gasteiger partial charge is 0.456 e. The van der Waals surface area contributed by atoms with Crippen molar-refractivity contribution in [2.45, 2.75) is 32.3 Å². The highest BCUT2D eigenvalue weighted by molar-refractivity contribution is 6.04. The van der Waals surface area contributed by atoms with Crippen LogP contribution >= 0.6 is 0 Å². The normalized spacial score (nSPS) is 16.5. The SMILES string of the molecule is CC(C)(OC(=O)c1ccccc1C(N)=O)C1CC[NH2+]CC1. The Bertz CT molecular complexity index is 534. The van der Waals surface area contributed by atoms with Gasteiger partial charge in [0.05, 0.1) is 24.2 Å². The predicted octanol–water partition coefficient (Wildman–Crippen LogP) is 0.694. The summed E-state index contributed by atoms with van der Waals surface area (Å²) in [6.07, 6.45) is 2.05. The number of carbonyl (C=O) groups is 2. The maximum Gasteiger partial charge on any atom is 0.339 e. The van der Waals surface area contributed by atoms with Crippen molar-refractivity contribution in [3.63, 3.8) is 0 Å².